The summed E-state index contributed by atoms with van der Waals surface area (Å²) in [5.74, 6) is 0.210. The molecule has 1 aliphatic rings. The Morgan fingerprint density at radius 1 is 1.30 bits per heavy atom. The standard InChI is InChI=1S/C16H23BrN2O/c1-4-16(20)19(13-8-5-7-12(17)11-13)15-10-6-9-14(15)18(2)3/h5,7-8,11,14-15H,4,6,9-10H2,1-3H3. The molecule has 0 radical (unpaired) electrons. The third-order valence-electron chi connectivity index (χ3n) is 4.10. The largest absolute Gasteiger partial charge is 0.308 e. The molecule has 2 atom stereocenters. The van der Waals surface area contributed by atoms with Gasteiger partial charge in [-0.25, -0.2) is 0 Å². The molecule has 1 aliphatic carbocycles. The zero-order valence-electron chi connectivity index (χ0n) is 12.5. The topological polar surface area (TPSA) is 23.6 Å². The van der Waals surface area contributed by atoms with E-state index in [1.165, 1.54) is 12.8 Å². The Kier molecular flexibility index (Phi) is 5.22. The van der Waals surface area contributed by atoms with Gasteiger partial charge in [0.1, 0.15) is 0 Å². The van der Waals surface area contributed by atoms with Crippen LogP contribution in [0.15, 0.2) is 28.7 Å². The fraction of sp³-hybridized carbons (Fsp3) is 0.562. The second kappa shape index (κ2) is 6.72. The highest BCUT2D eigenvalue weighted by atomic mass is 79.9. The van der Waals surface area contributed by atoms with Crippen molar-refractivity contribution in [2.45, 2.75) is 44.7 Å². The number of hydrogen-bond acceptors (Lipinski definition) is 2. The third kappa shape index (κ3) is 3.23. The molecule has 20 heavy (non-hydrogen) atoms. The molecule has 0 bridgehead atoms. The zero-order valence-corrected chi connectivity index (χ0v) is 14.1. The third-order valence-corrected chi connectivity index (χ3v) is 4.59. The van der Waals surface area contributed by atoms with E-state index in [2.05, 4.69) is 34.9 Å². The first-order chi connectivity index (χ1) is 9.54. The lowest BCUT2D eigenvalue weighted by molar-refractivity contribution is -0.119. The molecule has 3 nitrogen and oxygen atoms in total. The maximum absolute atomic E-state index is 12.5. The number of halogens is 1. The van der Waals surface area contributed by atoms with Crippen LogP contribution in [0.3, 0.4) is 0 Å². The molecular weight excluding hydrogens is 316 g/mol. The van der Waals surface area contributed by atoms with Crippen LogP contribution < -0.4 is 4.90 Å². The van der Waals surface area contributed by atoms with Crippen LogP contribution in [-0.4, -0.2) is 37.0 Å². The van der Waals surface area contributed by atoms with Crippen LogP contribution in [0.2, 0.25) is 0 Å². The van der Waals surface area contributed by atoms with Gasteiger partial charge in [-0.05, 0) is 51.6 Å². The molecule has 1 aromatic carbocycles. The first-order valence-electron chi connectivity index (χ1n) is 7.28. The molecular formula is C16H23BrN2O. The van der Waals surface area contributed by atoms with Crippen LogP contribution in [0, 0.1) is 0 Å². The van der Waals surface area contributed by atoms with Gasteiger partial charge in [-0.1, -0.05) is 28.9 Å². The monoisotopic (exact) mass is 338 g/mol. The molecule has 2 unspecified atom stereocenters. The van der Waals surface area contributed by atoms with Crippen LogP contribution in [0.25, 0.3) is 0 Å². The highest BCUT2D eigenvalue weighted by molar-refractivity contribution is 9.10. The zero-order chi connectivity index (χ0) is 14.7. The highest BCUT2D eigenvalue weighted by Gasteiger charge is 2.36. The SMILES string of the molecule is CCC(=O)N(c1cccc(Br)c1)C1CCCC1N(C)C. The van der Waals surface area contributed by atoms with E-state index in [4.69, 9.17) is 0 Å². The average molecular weight is 339 g/mol. The summed E-state index contributed by atoms with van der Waals surface area (Å²) in [6.45, 7) is 1.94. The minimum Gasteiger partial charge on any atom is -0.308 e. The van der Waals surface area contributed by atoms with Gasteiger partial charge < -0.3 is 9.80 Å². The Morgan fingerprint density at radius 2 is 2.00 bits per heavy atom. The number of benzene rings is 1. The second-order valence-electron chi connectivity index (χ2n) is 5.63. The molecule has 110 valence electrons. The summed E-state index contributed by atoms with van der Waals surface area (Å²) >= 11 is 3.51. The van der Waals surface area contributed by atoms with E-state index in [0.29, 0.717) is 12.5 Å². The first kappa shape index (κ1) is 15.5. The van der Waals surface area contributed by atoms with Crippen LogP contribution in [0.4, 0.5) is 5.69 Å². The molecule has 1 aromatic rings. The van der Waals surface area contributed by atoms with Gasteiger partial charge in [0, 0.05) is 22.6 Å². The Balaban J connectivity index is 2.35. The normalized spacial score (nSPS) is 22.2. The predicted molar refractivity (Wildman–Crippen MR) is 87.0 cm³/mol. The van der Waals surface area contributed by atoms with Crippen molar-refractivity contribution in [3.8, 4) is 0 Å². The Bertz CT molecular complexity index is 475. The van der Waals surface area contributed by atoms with Crippen molar-refractivity contribution in [3.63, 3.8) is 0 Å². The number of likely N-dealkylation sites (N-methyl/N-ethyl adjacent to an activating group) is 1. The predicted octanol–water partition coefficient (Wildman–Crippen LogP) is 3.67. The first-order valence-corrected chi connectivity index (χ1v) is 8.08. The van der Waals surface area contributed by atoms with Crippen molar-refractivity contribution < 1.29 is 4.79 Å². The van der Waals surface area contributed by atoms with Crippen molar-refractivity contribution in [2.75, 3.05) is 19.0 Å². The van der Waals surface area contributed by atoms with E-state index in [-0.39, 0.29) is 11.9 Å². The van der Waals surface area contributed by atoms with E-state index in [1.807, 2.05) is 36.1 Å². The van der Waals surface area contributed by atoms with Crippen LogP contribution in [0.1, 0.15) is 32.6 Å². The highest BCUT2D eigenvalue weighted by Crippen LogP contribution is 2.32. The van der Waals surface area contributed by atoms with Crippen LogP contribution in [0.5, 0.6) is 0 Å². The van der Waals surface area contributed by atoms with E-state index in [1.54, 1.807) is 0 Å². The van der Waals surface area contributed by atoms with Gasteiger partial charge >= 0.3 is 0 Å². The maximum Gasteiger partial charge on any atom is 0.227 e. The van der Waals surface area contributed by atoms with Crippen molar-refractivity contribution in [1.29, 1.82) is 0 Å². The van der Waals surface area contributed by atoms with E-state index < -0.39 is 0 Å². The molecule has 1 amide bonds. The molecule has 0 spiro atoms. The number of carbonyl (C=O) groups excluding carboxylic acids is 1. The molecule has 1 saturated carbocycles. The van der Waals surface area contributed by atoms with Gasteiger partial charge in [-0.15, -0.1) is 0 Å². The van der Waals surface area contributed by atoms with Gasteiger partial charge in [0.05, 0.1) is 6.04 Å². The van der Waals surface area contributed by atoms with Crippen molar-refractivity contribution in [1.82, 2.24) is 4.90 Å². The number of amides is 1. The summed E-state index contributed by atoms with van der Waals surface area (Å²) < 4.78 is 1.02. The molecule has 0 saturated heterocycles. The minimum atomic E-state index is 0.210. The number of rotatable bonds is 4. The average Bonchev–Trinajstić information content (AvgIpc) is 2.88. The lowest BCUT2D eigenvalue weighted by Gasteiger charge is -2.36. The molecule has 0 heterocycles. The van der Waals surface area contributed by atoms with E-state index >= 15 is 0 Å². The van der Waals surface area contributed by atoms with Gasteiger partial charge in [0.25, 0.3) is 0 Å². The van der Waals surface area contributed by atoms with Crippen molar-refractivity contribution in [2.24, 2.45) is 0 Å². The minimum absolute atomic E-state index is 0.210. The summed E-state index contributed by atoms with van der Waals surface area (Å²) in [7, 11) is 4.22. The number of carbonyl (C=O) groups is 1. The Labute approximate surface area is 130 Å². The molecule has 1 fully saturated rings. The summed E-state index contributed by atoms with van der Waals surface area (Å²) in [5, 5.41) is 0. The quantitative estimate of drug-likeness (QED) is 0.836. The van der Waals surface area contributed by atoms with Gasteiger partial charge in [0.15, 0.2) is 0 Å². The van der Waals surface area contributed by atoms with Gasteiger partial charge in [0.2, 0.25) is 5.91 Å². The maximum atomic E-state index is 12.5. The Morgan fingerprint density at radius 3 is 2.60 bits per heavy atom. The fourth-order valence-electron chi connectivity index (χ4n) is 3.14. The molecule has 0 aromatic heterocycles. The number of nitrogens with zero attached hydrogens (tertiary/aromatic N) is 2. The lowest BCUT2D eigenvalue weighted by atomic mass is 10.1. The summed E-state index contributed by atoms with van der Waals surface area (Å²) in [6, 6.07) is 8.80. The van der Waals surface area contributed by atoms with Crippen molar-refractivity contribution >= 4 is 27.5 Å². The fourth-order valence-corrected chi connectivity index (χ4v) is 3.53. The molecule has 0 N–H and O–H groups in total. The smallest absolute Gasteiger partial charge is 0.227 e. The van der Waals surface area contributed by atoms with Crippen molar-refractivity contribution in [3.05, 3.63) is 28.7 Å². The van der Waals surface area contributed by atoms with Gasteiger partial charge in [-0.3, -0.25) is 4.79 Å². The van der Waals surface area contributed by atoms with Gasteiger partial charge in [-0.2, -0.15) is 0 Å². The lowest BCUT2D eigenvalue weighted by Crippen LogP contribution is -2.49. The molecule has 4 heteroatoms. The van der Waals surface area contributed by atoms with E-state index in [9.17, 15) is 4.79 Å². The molecule has 2 rings (SSSR count). The summed E-state index contributed by atoms with van der Waals surface area (Å²) in [6.07, 6.45) is 3.98. The summed E-state index contributed by atoms with van der Waals surface area (Å²) in [5.41, 5.74) is 1.00. The van der Waals surface area contributed by atoms with E-state index in [0.717, 1.165) is 16.6 Å². The van der Waals surface area contributed by atoms with Crippen LogP contribution >= 0.6 is 15.9 Å². The van der Waals surface area contributed by atoms with Crippen LogP contribution in [-0.2, 0) is 4.79 Å². The second-order valence-corrected chi connectivity index (χ2v) is 6.54. The molecule has 0 aliphatic heterocycles. The summed E-state index contributed by atoms with van der Waals surface area (Å²) in [4.78, 5) is 16.7. The number of anilines is 1. The Hall–Kier alpha value is -0.870. The number of hydrogen-bond donors (Lipinski definition) is 0.